The van der Waals surface area contributed by atoms with E-state index < -0.39 is 0 Å². The van der Waals surface area contributed by atoms with E-state index in [0.29, 0.717) is 0 Å². The highest BCUT2D eigenvalue weighted by molar-refractivity contribution is 5.56. The molecular formula is C11H18N4. The maximum atomic E-state index is 4.25. The van der Waals surface area contributed by atoms with Crippen LogP contribution in [0.25, 0.3) is 0 Å². The summed E-state index contributed by atoms with van der Waals surface area (Å²) in [5.41, 5.74) is 1.09. The molecule has 0 aliphatic heterocycles. The molecule has 0 bridgehead atoms. The van der Waals surface area contributed by atoms with Crippen LogP contribution in [0.5, 0.6) is 0 Å². The SMILES string of the molecule is CNc1ncnc(NCC2CC2C)c1C. The van der Waals surface area contributed by atoms with Crippen molar-refractivity contribution in [3.63, 3.8) is 0 Å². The standard InChI is InChI=1S/C11H18N4/c1-7-4-9(7)5-13-11-8(2)10(12-3)14-6-15-11/h6-7,9H,4-5H2,1-3H3,(H2,12,13,14,15). The van der Waals surface area contributed by atoms with Crippen LogP contribution in [0.1, 0.15) is 18.9 Å². The van der Waals surface area contributed by atoms with Crippen LogP contribution in [0.2, 0.25) is 0 Å². The summed E-state index contributed by atoms with van der Waals surface area (Å²) < 4.78 is 0. The van der Waals surface area contributed by atoms with E-state index in [1.807, 2.05) is 14.0 Å². The van der Waals surface area contributed by atoms with Crippen LogP contribution in [-0.2, 0) is 0 Å². The highest BCUT2D eigenvalue weighted by Gasteiger charge is 2.32. The van der Waals surface area contributed by atoms with Crippen molar-refractivity contribution >= 4 is 11.6 Å². The van der Waals surface area contributed by atoms with Gasteiger partial charge in [-0.25, -0.2) is 9.97 Å². The molecule has 0 radical (unpaired) electrons. The fourth-order valence-corrected chi connectivity index (χ4v) is 1.79. The lowest BCUT2D eigenvalue weighted by atomic mass is 10.3. The van der Waals surface area contributed by atoms with E-state index in [9.17, 15) is 0 Å². The highest BCUT2D eigenvalue weighted by atomic mass is 15.1. The van der Waals surface area contributed by atoms with Crippen LogP contribution in [0.4, 0.5) is 11.6 Å². The van der Waals surface area contributed by atoms with E-state index in [-0.39, 0.29) is 0 Å². The van der Waals surface area contributed by atoms with Crippen molar-refractivity contribution in [2.45, 2.75) is 20.3 Å². The third kappa shape index (κ3) is 2.19. The quantitative estimate of drug-likeness (QED) is 0.790. The zero-order valence-electron chi connectivity index (χ0n) is 9.54. The molecule has 0 amide bonds. The Kier molecular flexibility index (Phi) is 2.75. The lowest BCUT2D eigenvalue weighted by Crippen LogP contribution is -2.09. The Morgan fingerprint density at radius 3 is 2.67 bits per heavy atom. The first-order valence-corrected chi connectivity index (χ1v) is 5.45. The molecule has 1 aromatic rings. The second-order valence-electron chi connectivity index (χ2n) is 4.30. The summed E-state index contributed by atoms with van der Waals surface area (Å²) in [7, 11) is 1.88. The third-order valence-corrected chi connectivity index (χ3v) is 3.13. The summed E-state index contributed by atoms with van der Waals surface area (Å²) in [6.07, 6.45) is 2.94. The second kappa shape index (κ2) is 4.04. The first kappa shape index (κ1) is 10.2. The van der Waals surface area contributed by atoms with Crippen molar-refractivity contribution in [3.8, 4) is 0 Å². The first-order valence-electron chi connectivity index (χ1n) is 5.45. The molecule has 1 fully saturated rings. The minimum absolute atomic E-state index is 0.831. The van der Waals surface area contributed by atoms with Gasteiger partial charge in [-0.15, -0.1) is 0 Å². The lowest BCUT2D eigenvalue weighted by molar-refractivity contribution is 0.783. The number of hydrogen-bond donors (Lipinski definition) is 2. The lowest BCUT2D eigenvalue weighted by Gasteiger charge is -2.10. The van der Waals surface area contributed by atoms with Crippen LogP contribution >= 0.6 is 0 Å². The van der Waals surface area contributed by atoms with Crippen LogP contribution in [0.15, 0.2) is 6.33 Å². The summed E-state index contributed by atoms with van der Waals surface area (Å²) in [6, 6.07) is 0. The van der Waals surface area contributed by atoms with Gasteiger partial charge in [-0.2, -0.15) is 0 Å². The average Bonchev–Trinajstić information content (AvgIpc) is 2.93. The monoisotopic (exact) mass is 206 g/mol. The van der Waals surface area contributed by atoms with Gasteiger partial charge >= 0.3 is 0 Å². The first-order chi connectivity index (χ1) is 7.22. The van der Waals surface area contributed by atoms with Gasteiger partial charge in [0.05, 0.1) is 0 Å². The summed E-state index contributed by atoms with van der Waals surface area (Å²) >= 11 is 0. The van der Waals surface area contributed by atoms with Crippen LogP contribution in [0, 0.1) is 18.8 Å². The Bertz CT molecular complexity index is 350. The van der Waals surface area contributed by atoms with Crippen molar-refractivity contribution in [3.05, 3.63) is 11.9 Å². The number of nitrogens with zero attached hydrogens (tertiary/aromatic N) is 2. The van der Waals surface area contributed by atoms with E-state index in [1.165, 1.54) is 6.42 Å². The van der Waals surface area contributed by atoms with E-state index in [4.69, 9.17) is 0 Å². The number of aromatic nitrogens is 2. The molecule has 0 saturated heterocycles. The average molecular weight is 206 g/mol. The van der Waals surface area contributed by atoms with Gasteiger partial charge in [0.25, 0.3) is 0 Å². The zero-order chi connectivity index (χ0) is 10.8. The Morgan fingerprint density at radius 2 is 2.07 bits per heavy atom. The summed E-state index contributed by atoms with van der Waals surface area (Å²) in [6.45, 7) is 5.35. The molecule has 1 aromatic heterocycles. The fraction of sp³-hybridized carbons (Fsp3) is 0.636. The Balaban J connectivity index is 2.01. The number of rotatable bonds is 4. The Labute approximate surface area is 90.5 Å². The normalized spacial score (nSPS) is 23.7. The number of nitrogens with one attached hydrogen (secondary N) is 2. The van der Waals surface area contributed by atoms with Crippen LogP contribution in [-0.4, -0.2) is 23.6 Å². The van der Waals surface area contributed by atoms with Crippen molar-refractivity contribution in [1.82, 2.24) is 9.97 Å². The van der Waals surface area contributed by atoms with Gasteiger partial charge in [0.1, 0.15) is 18.0 Å². The summed E-state index contributed by atoms with van der Waals surface area (Å²) in [4.78, 5) is 8.40. The number of hydrogen-bond acceptors (Lipinski definition) is 4. The maximum absolute atomic E-state index is 4.25. The predicted octanol–water partition coefficient (Wildman–Crippen LogP) is 1.89. The van der Waals surface area contributed by atoms with Crippen molar-refractivity contribution < 1.29 is 0 Å². The molecular weight excluding hydrogens is 188 g/mol. The molecule has 1 saturated carbocycles. The molecule has 15 heavy (non-hydrogen) atoms. The number of anilines is 2. The highest BCUT2D eigenvalue weighted by Crippen LogP contribution is 2.37. The van der Waals surface area contributed by atoms with E-state index in [2.05, 4.69) is 27.5 Å². The van der Waals surface area contributed by atoms with Gasteiger partial charge in [-0.05, 0) is 25.2 Å². The van der Waals surface area contributed by atoms with Crippen LogP contribution in [0.3, 0.4) is 0 Å². The smallest absolute Gasteiger partial charge is 0.134 e. The molecule has 0 spiro atoms. The summed E-state index contributed by atoms with van der Waals surface area (Å²) in [5.74, 6) is 3.56. The van der Waals surface area contributed by atoms with Crippen molar-refractivity contribution in [2.75, 3.05) is 24.2 Å². The van der Waals surface area contributed by atoms with Crippen molar-refractivity contribution in [2.24, 2.45) is 11.8 Å². The Morgan fingerprint density at radius 1 is 1.40 bits per heavy atom. The molecule has 0 aromatic carbocycles. The van der Waals surface area contributed by atoms with Gasteiger partial charge in [0.2, 0.25) is 0 Å². The molecule has 82 valence electrons. The van der Waals surface area contributed by atoms with E-state index in [1.54, 1.807) is 6.33 Å². The van der Waals surface area contributed by atoms with Gasteiger partial charge in [-0.3, -0.25) is 0 Å². The minimum Gasteiger partial charge on any atom is -0.373 e. The molecule has 4 nitrogen and oxygen atoms in total. The molecule has 2 unspecified atom stereocenters. The molecule has 4 heteroatoms. The van der Waals surface area contributed by atoms with Crippen molar-refractivity contribution in [1.29, 1.82) is 0 Å². The van der Waals surface area contributed by atoms with Gasteiger partial charge in [0.15, 0.2) is 0 Å². The molecule has 1 heterocycles. The molecule has 1 aliphatic rings. The maximum Gasteiger partial charge on any atom is 0.134 e. The minimum atomic E-state index is 0.831. The Hall–Kier alpha value is -1.32. The zero-order valence-corrected chi connectivity index (χ0v) is 9.54. The molecule has 1 aliphatic carbocycles. The molecule has 2 atom stereocenters. The van der Waals surface area contributed by atoms with Gasteiger partial charge in [0, 0.05) is 19.2 Å². The van der Waals surface area contributed by atoms with Gasteiger partial charge in [-0.1, -0.05) is 6.92 Å². The van der Waals surface area contributed by atoms with E-state index >= 15 is 0 Å². The topological polar surface area (TPSA) is 49.8 Å². The van der Waals surface area contributed by atoms with E-state index in [0.717, 1.165) is 35.6 Å². The summed E-state index contributed by atoms with van der Waals surface area (Å²) in [5, 5.41) is 6.45. The fourth-order valence-electron chi connectivity index (χ4n) is 1.79. The predicted molar refractivity (Wildman–Crippen MR) is 62.1 cm³/mol. The molecule has 2 rings (SSSR count). The molecule has 2 N–H and O–H groups in total. The third-order valence-electron chi connectivity index (χ3n) is 3.13. The second-order valence-corrected chi connectivity index (χ2v) is 4.30. The van der Waals surface area contributed by atoms with Crippen LogP contribution < -0.4 is 10.6 Å². The largest absolute Gasteiger partial charge is 0.373 e. The van der Waals surface area contributed by atoms with Gasteiger partial charge < -0.3 is 10.6 Å².